The van der Waals surface area contributed by atoms with Crippen molar-refractivity contribution in [1.29, 1.82) is 0 Å². The summed E-state index contributed by atoms with van der Waals surface area (Å²) in [6, 6.07) is 1.74. The van der Waals surface area contributed by atoms with Crippen LogP contribution in [0.3, 0.4) is 0 Å². The number of nitrogens with one attached hydrogen (secondary N) is 1. The summed E-state index contributed by atoms with van der Waals surface area (Å²) in [5, 5.41) is 3.31. The number of hydrogen-bond donors (Lipinski definition) is 1. The molecule has 4 heteroatoms. The largest absolute Gasteiger partial charge is 0.485 e. The highest BCUT2D eigenvalue weighted by molar-refractivity contribution is 5.23. The van der Waals surface area contributed by atoms with Crippen LogP contribution < -0.4 is 15.5 Å². The maximum Gasteiger partial charge on any atom is 0.226 e. The molecule has 0 aliphatic carbocycles. The molecule has 0 spiro atoms. The third-order valence-corrected chi connectivity index (χ3v) is 2.60. The third-order valence-electron chi connectivity index (χ3n) is 2.60. The predicted octanol–water partition coefficient (Wildman–Crippen LogP) is 1.08. The summed E-state index contributed by atoms with van der Waals surface area (Å²) >= 11 is 0. The predicted molar refractivity (Wildman–Crippen MR) is 56.2 cm³/mol. The summed E-state index contributed by atoms with van der Waals surface area (Å²) in [7, 11) is 0. The van der Waals surface area contributed by atoms with E-state index in [4.69, 9.17) is 9.15 Å². The number of aryl methyl sites for hydroxylation is 1. The Hall–Kier alpha value is -1.29. The van der Waals surface area contributed by atoms with Gasteiger partial charge in [-0.25, -0.2) is 0 Å². The highest BCUT2D eigenvalue weighted by Crippen LogP contribution is 2.12. The molecule has 0 radical (unpaired) electrons. The second-order valence-electron chi connectivity index (χ2n) is 3.77. The molecule has 1 unspecified atom stereocenters. The average molecular weight is 209 g/mol. The molecule has 2 heterocycles. The van der Waals surface area contributed by atoms with E-state index < -0.39 is 0 Å². The van der Waals surface area contributed by atoms with Gasteiger partial charge in [-0.3, -0.25) is 4.79 Å². The summed E-state index contributed by atoms with van der Waals surface area (Å²) in [5.74, 6) is 0.881. The molecule has 1 aliphatic heterocycles. The lowest BCUT2D eigenvalue weighted by molar-refractivity contribution is 0.263. The first-order valence-corrected chi connectivity index (χ1v) is 5.22. The Morgan fingerprint density at radius 1 is 1.67 bits per heavy atom. The Bertz CT molecular complexity index is 380. The molecule has 82 valence electrons. The zero-order chi connectivity index (χ0) is 10.7. The van der Waals surface area contributed by atoms with E-state index in [0.717, 1.165) is 13.0 Å². The Morgan fingerprint density at radius 2 is 2.53 bits per heavy atom. The van der Waals surface area contributed by atoms with Crippen LogP contribution in [0.5, 0.6) is 5.75 Å². The minimum atomic E-state index is -0.114. The standard InChI is InChI=1S/C11H15NO3/c1-8-11(10(13)4-6-14-8)15-7-9-3-2-5-12-9/h4,6,9,12H,2-3,5,7H2,1H3. The highest BCUT2D eigenvalue weighted by Gasteiger charge is 2.16. The van der Waals surface area contributed by atoms with Crippen LogP contribution in [-0.2, 0) is 0 Å². The molecule has 1 aromatic rings. The molecule has 1 aromatic heterocycles. The quantitative estimate of drug-likeness (QED) is 0.809. The first-order valence-electron chi connectivity index (χ1n) is 5.22. The Morgan fingerprint density at radius 3 is 3.20 bits per heavy atom. The summed E-state index contributed by atoms with van der Waals surface area (Å²) in [4.78, 5) is 11.4. The topological polar surface area (TPSA) is 51.5 Å². The Balaban J connectivity index is 2.01. The van der Waals surface area contributed by atoms with Crippen molar-refractivity contribution >= 4 is 0 Å². The first-order chi connectivity index (χ1) is 7.27. The highest BCUT2D eigenvalue weighted by atomic mass is 16.5. The minimum absolute atomic E-state index is 0.114. The molecule has 0 bridgehead atoms. The van der Waals surface area contributed by atoms with E-state index in [-0.39, 0.29) is 5.43 Å². The van der Waals surface area contributed by atoms with E-state index >= 15 is 0 Å². The summed E-state index contributed by atoms with van der Waals surface area (Å²) in [6.45, 7) is 3.31. The van der Waals surface area contributed by atoms with Gasteiger partial charge in [-0.15, -0.1) is 0 Å². The van der Waals surface area contributed by atoms with E-state index in [1.165, 1.54) is 18.8 Å². The molecule has 1 aliphatic rings. The second-order valence-corrected chi connectivity index (χ2v) is 3.77. The average Bonchev–Trinajstić information content (AvgIpc) is 2.70. The van der Waals surface area contributed by atoms with Crippen molar-refractivity contribution in [3.63, 3.8) is 0 Å². The zero-order valence-corrected chi connectivity index (χ0v) is 8.79. The van der Waals surface area contributed by atoms with Gasteiger partial charge in [-0.05, 0) is 26.3 Å². The van der Waals surface area contributed by atoms with Crippen LogP contribution in [-0.4, -0.2) is 19.2 Å². The second kappa shape index (κ2) is 4.49. The molecule has 0 saturated carbocycles. The van der Waals surface area contributed by atoms with Crippen LogP contribution in [0.2, 0.25) is 0 Å². The lowest BCUT2D eigenvalue weighted by Gasteiger charge is -2.12. The summed E-state index contributed by atoms with van der Waals surface area (Å²) in [6.07, 6.45) is 3.67. The van der Waals surface area contributed by atoms with E-state index in [2.05, 4.69) is 5.32 Å². The summed E-state index contributed by atoms with van der Waals surface area (Å²) in [5.41, 5.74) is -0.114. The van der Waals surface area contributed by atoms with E-state index in [0.29, 0.717) is 24.2 Å². The van der Waals surface area contributed by atoms with E-state index in [1.54, 1.807) is 6.92 Å². The van der Waals surface area contributed by atoms with Crippen LogP contribution >= 0.6 is 0 Å². The molecule has 1 fully saturated rings. The Labute approximate surface area is 88.2 Å². The molecule has 1 atom stereocenters. The smallest absolute Gasteiger partial charge is 0.226 e. The summed E-state index contributed by atoms with van der Waals surface area (Å²) < 4.78 is 10.6. The van der Waals surface area contributed by atoms with Gasteiger partial charge in [0, 0.05) is 12.1 Å². The van der Waals surface area contributed by atoms with Crippen molar-refractivity contribution in [1.82, 2.24) is 5.32 Å². The molecular weight excluding hydrogens is 194 g/mol. The van der Waals surface area contributed by atoms with Crippen molar-refractivity contribution in [2.75, 3.05) is 13.2 Å². The van der Waals surface area contributed by atoms with Crippen LogP contribution in [0.1, 0.15) is 18.6 Å². The molecular formula is C11H15NO3. The fourth-order valence-corrected chi connectivity index (χ4v) is 1.76. The Kier molecular flexibility index (Phi) is 3.06. The molecule has 0 aromatic carbocycles. The van der Waals surface area contributed by atoms with Crippen molar-refractivity contribution in [3.05, 3.63) is 28.3 Å². The van der Waals surface area contributed by atoms with Gasteiger partial charge in [0.1, 0.15) is 12.4 Å². The van der Waals surface area contributed by atoms with Gasteiger partial charge >= 0.3 is 0 Å². The molecule has 1 N–H and O–H groups in total. The number of hydrogen-bond acceptors (Lipinski definition) is 4. The van der Waals surface area contributed by atoms with Crippen LogP contribution in [0, 0.1) is 6.92 Å². The SMILES string of the molecule is Cc1occc(=O)c1OCC1CCCN1. The molecule has 4 nitrogen and oxygen atoms in total. The van der Waals surface area contributed by atoms with Gasteiger partial charge < -0.3 is 14.5 Å². The van der Waals surface area contributed by atoms with Crippen molar-refractivity contribution < 1.29 is 9.15 Å². The third kappa shape index (κ3) is 2.39. The number of rotatable bonds is 3. The maximum atomic E-state index is 11.4. The normalized spacial score (nSPS) is 20.5. The lowest BCUT2D eigenvalue weighted by Crippen LogP contribution is -2.29. The lowest BCUT2D eigenvalue weighted by atomic mass is 10.2. The monoisotopic (exact) mass is 209 g/mol. The van der Waals surface area contributed by atoms with Crippen LogP contribution in [0.15, 0.2) is 21.5 Å². The van der Waals surface area contributed by atoms with E-state index in [1.807, 2.05) is 0 Å². The molecule has 0 amide bonds. The first kappa shape index (κ1) is 10.2. The molecule has 15 heavy (non-hydrogen) atoms. The van der Waals surface area contributed by atoms with Gasteiger partial charge in [-0.1, -0.05) is 0 Å². The fraction of sp³-hybridized carbons (Fsp3) is 0.545. The zero-order valence-electron chi connectivity index (χ0n) is 8.79. The molecule has 2 rings (SSSR count). The minimum Gasteiger partial charge on any atom is -0.485 e. The van der Waals surface area contributed by atoms with Crippen LogP contribution in [0.25, 0.3) is 0 Å². The van der Waals surface area contributed by atoms with Gasteiger partial charge in [0.25, 0.3) is 0 Å². The fourth-order valence-electron chi connectivity index (χ4n) is 1.76. The number of ether oxygens (including phenoxy) is 1. The van der Waals surface area contributed by atoms with Gasteiger partial charge in [0.15, 0.2) is 0 Å². The maximum absolute atomic E-state index is 11.4. The van der Waals surface area contributed by atoms with Crippen LogP contribution in [0.4, 0.5) is 0 Å². The van der Waals surface area contributed by atoms with Crippen molar-refractivity contribution in [2.45, 2.75) is 25.8 Å². The van der Waals surface area contributed by atoms with Crippen molar-refractivity contribution in [3.8, 4) is 5.75 Å². The molecule has 1 saturated heterocycles. The van der Waals surface area contributed by atoms with Crippen molar-refractivity contribution in [2.24, 2.45) is 0 Å². The van der Waals surface area contributed by atoms with E-state index in [9.17, 15) is 4.79 Å². The van der Waals surface area contributed by atoms with Gasteiger partial charge in [0.2, 0.25) is 11.2 Å². The van der Waals surface area contributed by atoms with Gasteiger partial charge in [0.05, 0.1) is 6.26 Å². The van der Waals surface area contributed by atoms with Gasteiger partial charge in [-0.2, -0.15) is 0 Å².